The SMILES string of the molecule is CC(C)CC[S-].CC(C)CC[S-].C[C](C)C.C[C](C)C.[Sn+2]. The summed E-state index contributed by atoms with van der Waals surface area (Å²) in [5.41, 5.74) is 0. The molecule has 0 aromatic carbocycles. The third-order valence-corrected chi connectivity index (χ3v) is 1.86. The molecule has 0 heterocycles. The van der Waals surface area contributed by atoms with Crippen molar-refractivity contribution < 1.29 is 0 Å². The molecule has 0 N–H and O–H groups in total. The molecule has 0 unspecified atom stereocenters. The van der Waals surface area contributed by atoms with Gasteiger partial charge in [-0.1, -0.05) is 82.1 Å². The minimum atomic E-state index is 0. The van der Waals surface area contributed by atoms with Crippen molar-refractivity contribution in [2.24, 2.45) is 11.8 Å². The van der Waals surface area contributed by atoms with Crippen LogP contribution < -0.4 is 0 Å². The molecular formula is C18H40S2Sn. The summed E-state index contributed by atoms with van der Waals surface area (Å²) in [6, 6.07) is 0. The molecule has 0 atom stereocenters. The molecule has 0 aliphatic heterocycles. The number of rotatable bonds is 4. The van der Waals surface area contributed by atoms with Gasteiger partial charge in [0.05, 0.1) is 0 Å². The van der Waals surface area contributed by atoms with Crippen molar-refractivity contribution >= 4 is 49.2 Å². The van der Waals surface area contributed by atoms with Gasteiger partial charge in [-0.25, -0.2) is 0 Å². The van der Waals surface area contributed by atoms with Crippen molar-refractivity contribution in [1.29, 1.82) is 0 Å². The van der Waals surface area contributed by atoms with Crippen LogP contribution in [-0.4, -0.2) is 35.4 Å². The van der Waals surface area contributed by atoms with Gasteiger partial charge in [-0.2, -0.15) is 11.5 Å². The van der Waals surface area contributed by atoms with E-state index in [9.17, 15) is 0 Å². The molecule has 4 radical (unpaired) electrons. The number of hydrogen-bond acceptors (Lipinski definition) is 2. The van der Waals surface area contributed by atoms with Crippen molar-refractivity contribution in [1.82, 2.24) is 0 Å². The van der Waals surface area contributed by atoms with E-state index in [0.29, 0.717) is 0 Å². The fourth-order valence-electron chi connectivity index (χ4n) is 0.471. The minimum Gasteiger partial charge on any atom is -0.793 e. The quantitative estimate of drug-likeness (QED) is 0.388. The maximum Gasteiger partial charge on any atom is 2.00 e. The summed E-state index contributed by atoms with van der Waals surface area (Å²) in [5, 5.41) is 0. The molecule has 0 saturated carbocycles. The molecule has 3 heteroatoms. The normalized spacial score (nSPS) is 9.14. The maximum atomic E-state index is 4.73. The first kappa shape index (κ1) is 34.0. The van der Waals surface area contributed by atoms with E-state index in [1.165, 1.54) is 24.7 Å². The van der Waals surface area contributed by atoms with Gasteiger partial charge in [0.25, 0.3) is 0 Å². The molecule has 0 aromatic rings. The van der Waals surface area contributed by atoms with Crippen LogP contribution in [0.3, 0.4) is 0 Å². The Hall–Kier alpha value is 1.50. The molecule has 0 bridgehead atoms. The van der Waals surface area contributed by atoms with Gasteiger partial charge in [0.2, 0.25) is 0 Å². The Bertz CT molecular complexity index is 114. The van der Waals surface area contributed by atoms with Crippen molar-refractivity contribution in [3.63, 3.8) is 0 Å². The predicted octanol–water partition coefficient (Wildman–Crippen LogP) is 6.02. The Morgan fingerprint density at radius 2 is 0.762 bits per heavy atom. The van der Waals surface area contributed by atoms with E-state index < -0.39 is 0 Å². The zero-order chi connectivity index (χ0) is 17.1. The molecule has 0 fully saturated rings. The Morgan fingerprint density at radius 1 is 0.619 bits per heavy atom. The molecule has 0 nitrogen and oxygen atoms in total. The zero-order valence-corrected chi connectivity index (χ0v) is 20.8. The van der Waals surface area contributed by atoms with E-state index in [1.54, 1.807) is 0 Å². The summed E-state index contributed by atoms with van der Waals surface area (Å²) in [6.07, 6.45) is 2.38. The Balaban J connectivity index is -0.0000000544. The molecule has 0 saturated heterocycles. The first-order chi connectivity index (χ1) is 9.00. The van der Waals surface area contributed by atoms with Gasteiger partial charge in [-0.05, 0) is 23.7 Å². The molecule has 0 aromatic heterocycles. The number of hydrogen-bond donors (Lipinski definition) is 0. The molecule has 0 aliphatic rings. The van der Waals surface area contributed by atoms with Gasteiger partial charge in [0.1, 0.15) is 0 Å². The van der Waals surface area contributed by atoms with Crippen LogP contribution in [0.1, 0.15) is 82.1 Å². The van der Waals surface area contributed by atoms with E-state index in [4.69, 9.17) is 25.3 Å². The van der Waals surface area contributed by atoms with Crippen molar-refractivity contribution in [2.75, 3.05) is 11.5 Å². The van der Waals surface area contributed by atoms with Crippen LogP contribution >= 0.6 is 0 Å². The van der Waals surface area contributed by atoms with Gasteiger partial charge >= 0.3 is 23.9 Å². The minimum absolute atomic E-state index is 0. The maximum absolute atomic E-state index is 4.73. The van der Waals surface area contributed by atoms with E-state index in [0.717, 1.165) is 23.3 Å². The molecule has 21 heavy (non-hydrogen) atoms. The second-order valence-electron chi connectivity index (χ2n) is 6.77. The summed E-state index contributed by atoms with van der Waals surface area (Å²) in [6.45, 7) is 21.2. The fraction of sp³-hybridized carbons (Fsp3) is 0.889. The average molecular weight is 439 g/mol. The Morgan fingerprint density at radius 3 is 0.762 bits per heavy atom. The Labute approximate surface area is 165 Å². The van der Waals surface area contributed by atoms with Crippen LogP contribution in [-0.2, 0) is 25.3 Å². The van der Waals surface area contributed by atoms with Crippen LogP contribution in [0, 0.1) is 23.7 Å². The molecule has 0 amide bonds. The van der Waals surface area contributed by atoms with E-state index in [1.807, 2.05) is 0 Å². The first-order valence-electron chi connectivity index (χ1n) is 7.70. The third kappa shape index (κ3) is 145. The third-order valence-electron chi connectivity index (χ3n) is 1.39. The Kier molecular flexibility index (Phi) is 47.7. The smallest absolute Gasteiger partial charge is 0.793 e. The van der Waals surface area contributed by atoms with Gasteiger partial charge in [0.15, 0.2) is 0 Å². The van der Waals surface area contributed by atoms with Gasteiger partial charge in [-0.3, -0.25) is 0 Å². The van der Waals surface area contributed by atoms with Gasteiger partial charge < -0.3 is 25.3 Å². The molecule has 0 aliphatic carbocycles. The van der Waals surface area contributed by atoms with Gasteiger partial charge in [-0.15, -0.1) is 0 Å². The molecule has 128 valence electrons. The monoisotopic (exact) mass is 440 g/mol. The van der Waals surface area contributed by atoms with E-state index in [-0.39, 0.29) is 23.9 Å². The largest absolute Gasteiger partial charge is 2.00 e. The van der Waals surface area contributed by atoms with Crippen LogP contribution in [0.4, 0.5) is 0 Å². The topological polar surface area (TPSA) is 0 Å². The fourth-order valence-corrected chi connectivity index (χ4v) is 1.41. The van der Waals surface area contributed by atoms with Crippen LogP contribution in [0.2, 0.25) is 0 Å². The van der Waals surface area contributed by atoms with Crippen LogP contribution in [0.15, 0.2) is 0 Å². The van der Waals surface area contributed by atoms with Crippen LogP contribution in [0.5, 0.6) is 0 Å². The molecular weight excluding hydrogens is 399 g/mol. The standard InChI is InChI=1S/2C5H12S.2C4H9.Sn/c2*1-5(2)3-4-6;2*1-4(2)3;/h2*5-6H,3-4H2,1-2H3;2*1-3H3;/q;;;;+2/p-2. The van der Waals surface area contributed by atoms with Crippen molar-refractivity contribution in [2.45, 2.75) is 82.1 Å². The molecule has 0 rings (SSSR count). The van der Waals surface area contributed by atoms with Crippen molar-refractivity contribution in [3.05, 3.63) is 11.8 Å². The van der Waals surface area contributed by atoms with E-state index in [2.05, 4.69) is 69.2 Å². The predicted molar refractivity (Wildman–Crippen MR) is 110 cm³/mol. The summed E-state index contributed by atoms with van der Waals surface area (Å²) in [5.74, 6) is 6.25. The second kappa shape index (κ2) is 29.5. The van der Waals surface area contributed by atoms with Gasteiger partial charge in [0, 0.05) is 0 Å². The zero-order valence-electron chi connectivity index (χ0n) is 16.3. The molecule has 0 spiro atoms. The van der Waals surface area contributed by atoms with Crippen molar-refractivity contribution in [3.8, 4) is 0 Å². The summed E-state index contributed by atoms with van der Waals surface area (Å²) in [4.78, 5) is 0. The van der Waals surface area contributed by atoms with Crippen LogP contribution in [0.25, 0.3) is 0 Å². The second-order valence-corrected chi connectivity index (χ2v) is 7.59. The first-order valence-corrected chi connectivity index (χ1v) is 8.86. The summed E-state index contributed by atoms with van der Waals surface area (Å²) >= 11 is 9.46. The summed E-state index contributed by atoms with van der Waals surface area (Å²) in [7, 11) is 0. The van der Waals surface area contributed by atoms with E-state index >= 15 is 0 Å². The average Bonchev–Trinajstić information content (AvgIpc) is 2.15. The summed E-state index contributed by atoms with van der Waals surface area (Å²) < 4.78 is 0.